The molecule has 0 bridgehead atoms. The Labute approximate surface area is 382 Å². The van der Waals surface area contributed by atoms with Crippen molar-refractivity contribution >= 4 is 22.8 Å². The minimum absolute atomic E-state index is 0.0325. The van der Waals surface area contributed by atoms with Crippen molar-refractivity contribution in [2.45, 2.75) is 81.1 Å². The number of fused-ring (bicyclic) bond motifs is 5. The van der Waals surface area contributed by atoms with Gasteiger partial charge in [-0.2, -0.15) is 0 Å². The summed E-state index contributed by atoms with van der Waals surface area (Å²) in [5, 5.41) is 2.71. The molecule has 6 aliphatic carbocycles. The molecule has 6 aliphatic rings. The molecular weight excluding hydrogens is 771 g/mol. The van der Waals surface area contributed by atoms with E-state index in [2.05, 4.69) is 212 Å². The van der Waals surface area contributed by atoms with Gasteiger partial charge in [0, 0.05) is 29.1 Å². The Morgan fingerprint density at radius 2 is 1.52 bits per heavy atom. The second-order valence-corrected chi connectivity index (χ2v) is 18.6. The minimum Gasteiger partial charge on any atom is -0.341 e. The summed E-state index contributed by atoms with van der Waals surface area (Å²) in [5.41, 5.74) is 14.2. The van der Waals surface area contributed by atoms with Crippen LogP contribution in [0, 0.1) is 11.8 Å². The first-order valence-corrected chi connectivity index (χ1v) is 23.9. The van der Waals surface area contributed by atoms with Crippen molar-refractivity contribution in [2.24, 2.45) is 11.8 Å². The van der Waals surface area contributed by atoms with Gasteiger partial charge in [0.1, 0.15) is 0 Å². The first kappa shape index (κ1) is 41.6. The maximum absolute atomic E-state index is 4.89. The van der Waals surface area contributed by atoms with Crippen LogP contribution >= 0.6 is 0 Å². The van der Waals surface area contributed by atoms with E-state index in [0.29, 0.717) is 5.92 Å². The standard InChI is InChI=1S/C63H61N/c1-4-22-61(58-45-62(40-19-8-20-41-62)59-32-17-16-31-57(58)59)64(42-21-24-47(5-2)49-38-39-55-50(43-49)37-36-48-23-13-14-29-54(48)55)46(3)34-35-51-44-63(52-25-9-6-10-26-52,53-27-11-7-12-28-53)60-33-18-15-30-56(51)60/h4-6,9-11,13-18,21,23,25-36,38-39,42-45,47,50,61H,1-3,7-8,12,19-20,22,24,37,40-41H2/b35-34-,42-21+. The van der Waals surface area contributed by atoms with Crippen molar-refractivity contribution < 1.29 is 0 Å². The van der Waals surface area contributed by atoms with Crippen LogP contribution < -0.4 is 10.4 Å². The molecule has 1 nitrogen and oxygen atoms in total. The van der Waals surface area contributed by atoms with E-state index >= 15 is 0 Å². The number of benzene rings is 4. The van der Waals surface area contributed by atoms with Gasteiger partial charge in [0.2, 0.25) is 0 Å². The van der Waals surface area contributed by atoms with Gasteiger partial charge in [0.25, 0.3) is 0 Å². The van der Waals surface area contributed by atoms with E-state index in [-0.39, 0.29) is 22.8 Å². The van der Waals surface area contributed by atoms with Crippen LogP contribution in [-0.4, -0.2) is 10.9 Å². The van der Waals surface area contributed by atoms with Crippen LogP contribution in [-0.2, 0) is 10.8 Å². The number of allylic oxidation sites excluding steroid dienone is 15. The molecule has 0 amide bonds. The Balaban J connectivity index is 1.02. The summed E-state index contributed by atoms with van der Waals surface area (Å²) in [7, 11) is 0. The predicted octanol–water partition coefficient (Wildman–Crippen LogP) is 14.1. The zero-order valence-electron chi connectivity index (χ0n) is 37.3. The molecule has 1 fully saturated rings. The molecule has 1 spiro atoms. The lowest BCUT2D eigenvalue weighted by molar-refractivity contribution is 0.360. The summed E-state index contributed by atoms with van der Waals surface area (Å²) in [6.45, 7) is 13.6. The van der Waals surface area contributed by atoms with Gasteiger partial charge in [-0.05, 0) is 117 Å². The summed E-state index contributed by atoms with van der Waals surface area (Å²) in [5.74, 6) is 0.586. The normalized spacial score (nSPS) is 22.3. The van der Waals surface area contributed by atoms with E-state index in [1.165, 1.54) is 98.2 Å². The Morgan fingerprint density at radius 3 is 2.31 bits per heavy atom. The van der Waals surface area contributed by atoms with Gasteiger partial charge in [-0.3, -0.25) is 0 Å². The second-order valence-electron chi connectivity index (χ2n) is 18.6. The van der Waals surface area contributed by atoms with E-state index < -0.39 is 0 Å². The third-order valence-corrected chi connectivity index (χ3v) is 15.0. The fourth-order valence-corrected chi connectivity index (χ4v) is 11.9. The third-order valence-electron chi connectivity index (χ3n) is 15.0. The first-order valence-electron chi connectivity index (χ1n) is 23.9. The Bertz CT molecular complexity index is 2860. The number of rotatable bonds is 14. The highest BCUT2D eigenvalue weighted by Crippen LogP contribution is 2.53. The fraction of sp³-hybridized carbons (Fsp3) is 0.238. The minimum atomic E-state index is -0.368. The van der Waals surface area contributed by atoms with E-state index in [1.807, 2.05) is 0 Å². The topological polar surface area (TPSA) is 3.24 Å². The lowest BCUT2D eigenvalue weighted by Gasteiger charge is -2.33. The van der Waals surface area contributed by atoms with Crippen LogP contribution in [0.2, 0.25) is 0 Å². The van der Waals surface area contributed by atoms with Crippen LogP contribution in [0.1, 0.15) is 92.0 Å². The summed E-state index contributed by atoms with van der Waals surface area (Å²) < 4.78 is 0. The van der Waals surface area contributed by atoms with E-state index in [4.69, 9.17) is 6.58 Å². The molecule has 4 aromatic rings. The van der Waals surface area contributed by atoms with Gasteiger partial charge in [0.15, 0.2) is 0 Å². The van der Waals surface area contributed by atoms with Crippen molar-refractivity contribution in [2.75, 3.05) is 0 Å². The smallest absolute Gasteiger partial charge is 0.0643 e. The van der Waals surface area contributed by atoms with Crippen molar-refractivity contribution in [1.29, 1.82) is 0 Å². The molecule has 0 aliphatic heterocycles. The molecule has 318 valence electrons. The van der Waals surface area contributed by atoms with Crippen molar-refractivity contribution in [3.8, 4) is 0 Å². The van der Waals surface area contributed by atoms with Crippen molar-refractivity contribution in [1.82, 2.24) is 4.90 Å². The molecule has 1 heteroatoms. The highest BCUT2D eigenvalue weighted by atomic mass is 15.1. The summed E-state index contributed by atoms with van der Waals surface area (Å²) in [6.07, 6.45) is 46.5. The highest BCUT2D eigenvalue weighted by Gasteiger charge is 2.43. The largest absolute Gasteiger partial charge is 0.341 e. The summed E-state index contributed by atoms with van der Waals surface area (Å²) in [4.78, 5) is 2.45. The third kappa shape index (κ3) is 7.49. The molecule has 4 aromatic carbocycles. The van der Waals surface area contributed by atoms with Crippen molar-refractivity contribution in [3.05, 3.63) is 263 Å². The molecule has 0 N–H and O–H groups in total. The molecular formula is C63H61N. The molecule has 0 radical (unpaired) electrons. The summed E-state index contributed by atoms with van der Waals surface area (Å²) >= 11 is 0. The van der Waals surface area contributed by atoms with Gasteiger partial charge in [-0.1, -0.05) is 208 Å². The van der Waals surface area contributed by atoms with Crippen LogP contribution in [0.5, 0.6) is 0 Å². The molecule has 0 saturated heterocycles. The first-order chi connectivity index (χ1) is 31.5. The van der Waals surface area contributed by atoms with Crippen LogP contribution in [0.15, 0.2) is 225 Å². The fourth-order valence-electron chi connectivity index (χ4n) is 11.9. The average Bonchev–Trinajstić information content (AvgIpc) is 3.86. The second kappa shape index (κ2) is 18.0. The highest BCUT2D eigenvalue weighted by molar-refractivity contribution is 5.87. The van der Waals surface area contributed by atoms with E-state index in [0.717, 1.165) is 37.8 Å². The molecule has 4 atom stereocenters. The van der Waals surface area contributed by atoms with Crippen LogP contribution in [0.25, 0.3) is 22.8 Å². The van der Waals surface area contributed by atoms with Gasteiger partial charge in [-0.25, -0.2) is 0 Å². The predicted molar refractivity (Wildman–Crippen MR) is 272 cm³/mol. The number of hydrogen-bond acceptors (Lipinski definition) is 1. The van der Waals surface area contributed by atoms with Gasteiger partial charge in [-0.15, -0.1) is 13.2 Å². The van der Waals surface area contributed by atoms with Gasteiger partial charge >= 0.3 is 0 Å². The monoisotopic (exact) mass is 831 g/mol. The zero-order valence-corrected chi connectivity index (χ0v) is 37.3. The molecule has 1 saturated carbocycles. The van der Waals surface area contributed by atoms with Crippen LogP contribution in [0.4, 0.5) is 0 Å². The van der Waals surface area contributed by atoms with E-state index in [9.17, 15) is 0 Å². The summed E-state index contributed by atoms with van der Waals surface area (Å²) in [6, 6.07) is 38.1. The maximum atomic E-state index is 4.89. The molecule has 0 aromatic heterocycles. The van der Waals surface area contributed by atoms with Crippen molar-refractivity contribution in [3.63, 3.8) is 0 Å². The Morgan fingerprint density at radius 1 is 0.750 bits per heavy atom. The SMILES string of the molecule is C=CCC(C1=CC2(CCCCC2)c2ccccc21)N(/C=C/CC(C=C)C1=CC2CC=c3ccccc3=C2C=C1)C(=C)/C=C\C1=CC(C2=CCCC=C2)(c2ccccc2)c2ccccc21. The number of nitrogens with zero attached hydrogens (tertiary/aromatic N) is 1. The lowest BCUT2D eigenvalue weighted by Crippen LogP contribution is -2.32. The maximum Gasteiger partial charge on any atom is 0.0643 e. The average molecular weight is 832 g/mol. The molecule has 0 heterocycles. The quantitative estimate of drug-likeness (QED) is 0.0904. The van der Waals surface area contributed by atoms with Gasteiger partial charge in [0.05, 0.1) is 11.5 Å². The van der Waals surface area contributed by atoms with Gasteiger partial charge < -0.3 is 4.90 Å². The zero-order chi connectivity index (χ0) is 43.5. The molecule has 10 rings (SSSR count). The Hall–Kier alpha value is -6.44. The molecule has 4 unspecified atom stereocenters. The number of hydrogen-bond donors (Lipinski definition) is 0. The van der Waals surface area contributed by atoms with Crippen LogP contribution in [0.3, 0.4) is 0 Å². The Kier molecular flexibility index (Phi) is 11.7. The lowest BCUT2D eigenvalue weighted by atomic mass is 9.69. The molecule has 64 heavy (non-hydrogen) atoms. The van der Waals surface area contributed by atoms with E-state index in [1.54, 1.807) is 0 Å².